The Morgan fingerprint density at radius 2 is 1.38 bits per heavy atom. The van der Waals surface area contributed by atoms with Crippen molar-refractivity contribution < 1.29 is 0 Å². The second kappa shape index (κ2) is 3.29. The molecule has 0 aromatic carbocycles. The van der Waals surface area contributed by atoms with Crippen molar-refractivity contribution >= 4 is 0 Å². The molecule has 0 N–H and O–H groups in total. The van der Waals surface area contributed by atoms with Crippen LogP contribution in [0.1, 0.15) is 47.0 Å². The first kappa shape index (κ1) is 9.55. The Morgan fingerprint density at radius 1 is 0.769 bits per heavy atom. The van der Waals surface area contributed by atoms with Gasteiger partial charge in [0.15, 0.2) is 0 Å². The topological polar surface area (TPSA) is 0 Å². The number of hydrogen-bond acceptors (Lipinski definition) is 0. The summed E-state index contributed by atoms with van der Waals surface area (Å²) in [5, 5.41) is 0. The molecule has 13 heavy (non-hydrogen) atoms. The summed E-state index contributed by atoms with van der Waals surface area (Å²) in [5.41, 5.74) is 0. The molecule has 0 nitrogen and oxygen atoms in total. The Hall–Kier alpha value is 0. The van der Waals surface area contributed by atoms with Gasteiger partial charge in [0.05, 0.1) is 0 Å². The molecule has 3 aliphatic carbocycles. The Morgan fingerprint density at radius 3 is 2.00 bits per heavy atom. The smallest absolute Gasteiger partial charge is 0.0323 e. The lowest BCUT2D eigenvalue weighted by Gasteiger charge is -2.62. The molecule has 0 aromatic heterocycles. The predicted octanol–water partition coefficient (Wildman–Crippen LogP) is 3.96. The van der Waals surface area contributed by atoms with Crippen molar-refractivity contribution in [2.45, 2.75) is 47.0 Å². The number of fused-ring (bicyclic) bond motifs is 4. The van der Waals surface area contributed by atoms with E-state index in [4.69, 9.17) is 0 Å². The van der Waals surface area contributed by atoms with Gasteiger partial charge >= 0.3 is 0 Å². The fourth-order valence-corrected chi connectivity index (χ4v) is 4.38. The molecule has 6 unspecified atom stereocenters. The first-order valence-corrected chi connectivity index (χ1v) is 6.29. The van der Waals surface area contributed by atoms with Crippen LogP contribution in [0.5, 0.6) is 0 Å². The van der Waals surface area contributed by atoms with E-state index in [1.54, 1.807) is 12.8 Å². The van der Waals surface area contributed by atoms with Gasteiger partial charge < -0.3 is 0 Å². The Kier molecular flexibility index (Phi) is 2.42. The minimum Gasteiger partial charge on any atom is -0.0683 e. The van der Waals surface area contributed by atoms with Crippen molar-refractivity contribution in [2.75, 3.05) is 0 Å². The van der Waals surface area contributed by atoms with Crippen LogP contribution in [0.15, 0.2) is 0 Å². The molecule has 6 atom stereocenters. The first-order chi connectivity index (χ1) is 6.29. The molecule has 0 amide bonds. The van der Waals surface area contributed by atoms with Crippen LogP contribution in [0.4, 0.5) is 0 Å². The minimum atomic E-state index is 1.07. The molecule has 3 aliphatic rings. The molecule has 0 spiro atoms. The highest BCUT2D eigenvalue weighted by Crippen LogP contribution is 2.68. The van der Waals surface area contributed by atoms with Crippen LogP contribution >= 0.6 is 0 Å². The Labute approximate surface area is 83.1 Å². The third-order valence-electron chi connectivity index (χ3n) is 4.90. The normalized spacial score (nSPS) is 56.3. The molecule has 3 rings (SSSR count). The van der Waals surface area contributed by atoms with Crippen molar-refractivity contribution in [1.29, 1.82) is 0 Å². The van der Waals surface area contributed by atoms with Gasteiger partial charge in [-0.3, -0.25) is 0 Å². The molecule has 0 aromatic rings. The molecule has 0 bridgehead atoms. The van der Waals surface area contributed by atoms with Gasteiger partial charge in [-0.15, -0.1) is 0 Å². The highest BCUT2D eigenvalue weighted by Gasteiger charge is 2.61. The van der Waals surface area contributed by atoms with Gasteiger partial charge in [-0.1, -0.05) is 34.1 Å². The van der Waals surface area contributed by atoms with E-state index in [1.807, 2.05) is 13.8 Å². The third-order valence-corrected chi connectivity index (χ3v) is 4.90. The first-order valence-electron chi connectivity index (χ1n) is 6.29. The molecule has 76 valence electrons. The standard InChI is InChI=1S/C11H18.C2H6/c1-6-3-4-8-9-5-7(2)11(9)10(6)8;1-2/h6-11H,3-5H2,1-2H3;1-2H3. The molecule has 3 fully saturated rings. The summed E-state index contributed by atoms with van der Waals surface area (Å²) in [6, 6.07) is 0. The van der Waals surface area contributed by atoms with Crippen LogP contribution in [-0.4, -0.2) is 0 Å². The molecule has 0 aliphatic heterocycles. The van der Waals surface area contributed by atoms with Crippen molar-refractivity contribution in [1.82, 2.24) is 0 Å². The zero-order valence-corrected chi connectivity index (χ0v) is 9.59. The van der Waals surface area contributed by atoms with Crippen molar-refractivity contribution in [3.63, 3.8) is 0 Å². The monoisotopic (exact) mass is 180 g/mol. The van der Waals surface area contributed by atoms with E-state index in [-0.39, 0.29) is 0 Å². The average molecular weight is 180 g/mol. The van der Waals surface area contributed by atoms with E-state index in [0.717, 1.165) is 11.8 Å². The maximum Gasteiger partial charge on any atom is -0.0323 e. The lowest BCUT2D eigenvalue weighted by atomic mass is 9.43. The summed E-state index contributed by atoms with van der Waals surface area (Å²) in [6.45, 7) is 8.94. The number of hydrogen-bond donors (Lipinski definition) is 0. The zero-order chi connectivity index (χ0) is 9.59. The van der Waals surface area contributed by atoms with Gasteiger partial charge in [0.25, 0.3) is 0 Å². The second-order valence-electron chi connectivity index (χ2n) is 5.25. The summed E-state index contributed by atoms with van der Waals surface area (Å²) in [7, 11) is 0. The molecule has 0 heterocycles. The zero-order valence-electron chi connectivity index (χ0n) is 9.59. The molecular weight excluding hydrogens is 156 g/mol. The van der Waals surface area contributed by atoms with Gasteiger partial charge in [0, 0.05) is 0 Å². The van der Waals surface area contributed by atoms with Gasteiger partial charge in [-0.2, -0.15) is 0 Å². The fourth-order valence-electron chi connectivity index (χ4n) is 4.38. The van der Waals surface area contributed by atoms with Crippen molar-refractivity contribution in [3.05, 3.63) is 0 Å². The summed E-state index contributed by atoms with van der Waals surface area (Å²) >= 11 is 0. The van der Waals surface area contributed by atoms with Crippen LogP contribution in [0.25, 0.3) is 0 Å². The summed E-state index contributed by atoms with van der Waals surface area (Å²) in [5.74, 6) is 6.89. The average Bonchev–Trinajstić information content (AvgIpc) is 2.43. The molecule has 3 saturated carbocycles. The van der Waals surface area contributed by atoms with Crippen molar-refractivity contribution in [3.8, 4) is 0 Å². The number of rotatable bonds is 0. The highest BCUT2D eigenvalue weighted by molar-refractivity contribution is 5.10. The van der Waals surface area contributed by atoms with Gasteiger partial charge in [0.1, 0.15) is 0 Å². The quantitative estimate of drug-likeness (QED) is 0.529. The van der Waals surface area contributed by atoms with Crippen LogP contribution in [0, 0.1) is 35.5 Å². The van der Waals surface area contributed by atoms with E-state index in [2.05, 4.69) is 13.8 Å². The van der Waals surface area contributed by atoms with Crippen LogP contribution in [-0.2, 0) is 0 Å². The summed E-state index contributed by atoms with van der Waals surface area (Å²) in [6.07, 6.45) is 4.67. The third kappa shape index (κ3) is 1.10. The largest absolute Gasteiger partial charge is 0.0683 e. The predicted molar refractivity (Wildman–Crippen MR) is 57.5 cm³/mol. The van der Waals surface area contributed by atoms with Gasteiger partial charge in [-0.25, -0.2) is 0 Å². The van der Waals surface area contributed by atoms with Gasteiger partial charge in [0.2, 0.25) is 0 Å². The van der Waals surface area contributed by atoms with E-state index < -0.39 is 0 Å². The molecule has 0 radical (unpaired) electrons. The lowest BCUT2D eigenvalue weighted by molar-refractivity contribution is -0.142. The highest BCUT2D eigenvalue weighted by atomic mass is 14.7. The van der Waals surface area contributed by atoms with Gasteiger partial charge in [-0.05, 0) is 48.3 Å². The molecule has 0 saturated heterocycles. The van der Waals surface area contributed by atoms with Crippen LogP contribution in [0.3, 0.4) is 0 Å². The molecule has 0 heteroatoms. The lowest BCUT2D eigenvalue weighted by Crippen LogP contribution is -2.57. The maximum absolute atomic E-state index is 2.48. The minimum absolute atomic E-state index is 1.07. The van der Waals surface area contributed by atoms with E-state index in [0.29, 0.717) is 0 Å². The summed E-state index contributed by atoms with van der Waals surface area (Å²) in [4.78, 5) is 0. The van der Waals surface area contributed by atoms with Crippen LogP contribution < -0.4 is 0 Å². The van der Waals surface area contributed by atoms with Crippen LogP contribution in [0.2, 0.25) is 0 Å². The van der Waals surface area contributed by atoms with Crippen molar-refractivity contribution in [2.24, 2.45) is 35.5 Å². The second-order valence-corrected chi connectivity index (χ2v) is 5.25. The maximum atomic E-state index is 2.48. The SMILES string of the molecule is CC.CC1CCC2C3CC(C)C3C12. The van der Waals surface area contributed by atoms with E-state index in [9.17, 15) is 0 Å². The fraction of sp³-hybridized carbons (Fsp3) is 1.00. The van der Waals surface area contributed by atoms with E-state index in [1.165, 1.54) is 30.1 Å². The Bertz CT molecular complexity index is 184. The molecular formula is C13H24. The summed E-state index contributed by atoms with van der Waals surface area (Å²) < 4.78 is 0. The van der Waals surface area contributed by atoms with E-state index >= 15 is 0 Å². The Balaban J connectivity index is 0.000000308.